The average molecular weight is 424 g/mol. The minimum absolute atomic E-state index is 0.127. The Morgan fingerprint density at radius 1 is 1.14 bits per heavy atom. The van der Waals surface area contributed by atoms with Gasteiger partial charge in [0.1, 0.15) is 0 Å². The summed E-state index contributed by atoms with van der Waals surface area (Å²) in [5.41, 5.74) is 1.83. The fraction of sp³-hybridized carbons (Fsp3) is 0.870. The van der Waals surface area contributed by atoms with Gasteiger partial charge < -0.3 is 4.74 Å². The van der Waals surface area contributed by atoms with Gasteiger partial charge in [-0.2, -0.15) is 0 Å². The Labute approximate surface area is 175 Å². The van der Waals surface area contributed by atoms with Crippen LogP contribution in [0.25, 0.3) is 0 Å². The van der Waals surface area contributed by atoms with Crippen LogP contribution in [0.1, 0.15) is 78.6 Å². The maximum absolute atomic E-state index is 12.1. The van der Waals surface area contributed by atoms with Gasteiger partial charge >= 0.3 is 5.97 Å². The highest BCUT2D eigenvalue weighted by molar-refractivity contribution is 7.89. The van der Waals surface area contributed by atoms with Crippen molar-refractivity contribution in [3.05, 3.63) is 11.6 Å². The Bertz CT molecular complexity index is 811. The van der Waals surface area contributed by atoms with Crippen LogP contribution in [-0.2, 0) is 19.6 Å². The minimum Gasteiger partial charge on any atom is -0.462 e. The van der Waals surface area contributed by atoms with Crippen LogP contribution in [0.4, 0.5) is 0 Å². The molecule has 0 radical (unpaired) electrons. The fourth-order valence-electron chi connectivity index (χ4n) is 7.59. The van der Waals surface area contributed by atoms with E-state index in [-0.39, 0.29) is 18.3 Å². The standard InChI is InChI=1S/C23H37NO4S/c1-21(2)9-5-10-22(3)18(21)8-11-23(12-13-23)19(22)7-4-6-17-16(14-28-20(17)25)15-29(24,26)27/h6,16,18-19H,4-5,7-15H2,1-3H3,(H2,24,26,27)/b17-6-/t16-,18-,19+,22-/m0/s1. The molecule has 0 amide bonds. The van der Waals surface area contributed by atoms with Gasteiger partial charge in [0, 0.05) is 11.5 Å². The Kier molecular flexibility index (Phi) is 5.21. The predicted octanol–water partition coefficient (Wildman–Crippen LogP) is 4.18. The van der Waals surface area contributed by atoms with E-state index in [0.29, 0.717) is 27.7 Å². The summed E-state index contributed by atoms with van der Waals surface area (Å²) in [7, 11) is -3.63. The Morgan fingerprint density at radius 3 is 2.52 bits per heavy atom. The van der Waals surface area contributed by atoms with Crippen molar-refractivity contribution in [3.8, 4) is 0 Å². The first-order chi connectivity index (χ1) is 13.5. The molecule has 1 heterocycles. The number of ether oxygens (including phenoxy) is 1. The van der Waals surface area contributed by atoms with Crippen LogP contribution in [-0.4, -0.2) is 26.7 Å². The van der Waals surface area contributed by atoms with Crippen LogP contribution < -0.4 is 5.14 Å². The molecule has 3 saturated carbocycles. The number of fused-ring (bicyclic) bond motifs is 1. The van der Waals surface area contributed by atoms with Gasteiger partial charge in [-0.05, 0) is 79.4 Å². The number of cyclic esters (lactones) is 1. The molecule has 4 rings (SSSR count). The van der Waals surface area contributed by atoms with Gasteiger partial charge in [-0.3, -0.25) is 0 Å². The van der Waals surface area contributed by atoms with Crippen molar-refractivity contribution in [1.29, 1.82) is 0 Å². The summed E-state index contributed by atoms with van der Waals surface area (Å²) < 4.78 is 28.1. The van der Waals surface area contributed by atoms with Crippen molar-refractivity contribution >= 4 is 16.0 Å². The Hall–Kier alpha value is -0.880. The molecule has 0 aromatic rings. The molecule has 29 heavy (non-hydrogen) atoms. The lowest BCUT2D eigenvalue weighted by molar-refractivity contribution is -0.135. The first-order valence-corrected chi connectivity index (χ1v) is 13.1. The van der Waals surface area contributed by atoms with Gasteiger partial charge in [0.15, 0.2) is 0 Å². The summed E-state index contributed by atoms with van der Waals surface area (Å²) in [6, 6.07) is 0. The average Bonchev–Trinajstić information content (AvgIpc) is 3.28. The molecule has 1 aliphatic heterocycles. The van der Waals surface area contributed by atoms with Crippen molar-refractivity contribution in [1.82, 2.24) is 0 Å². The third-order valence-corrected chi connectivity index (χ3v) is 9.85. The number of nitrogens with two attached hydrogens (primary N) is 1. The topological polar surface area (TPSA) is 86.5 Å². The molecular formula is C23H37NO4S. The molecule has 3 aliphatic carbocycles. The Morgan fingerprint density at radius 2 is 1.86 bits per heavy atom. The largest absolute Gasteiger partial charge is 0.462 e. The van der Waals surface area contributed by atoms with Crippen LogP contribution in [0.5, 0.6) is 0 Å². The van der Waals surface area contributed by atoms with Crippen molar-refractivity contribution in [3.63, 3.8) is 0 Å². The number of hydrogen-bond acceptors (Lipinski definition) is 4. The number of hydrogen-bond donors (Lipinski definition) is 1. The molecule has 6 heteroatoms. The van der Waals surface area contributed by atoms with Gasteiger partial charge in [-0.15, -0.1) is 0 Å². The smallest absolute Gasteiger partial charge is 0.334 e. The summed E-state index contributed by atoms with van der Waals surface area (Å²) in [5, 5.41) is 5.21. The number of sulfonamides is 1. The van der Waals surface area contributed by atoms with Crippen LogP contribution in [0.3, 0.4) is 0 Å². The van der Waals surface area contributed by atoms with Gasteiger partial charge in [-0.25, -0.2) is 18.4 Å². The Balaban J connectivity index is 1.52. The van der Waals surface area contributed by atoms with E-state index in [2.05, 4.69) is 20.8 Å². The van der Waals surface area contributed by atoms with Gasteiger partial charge in [0.25, 0.3) is 0 Å². The summed E-state index contributed by atoms with van der Waals surface area (Å²) in [6.07, 6.45) is 13.3. The van der Waals surface area contributed by atoms with Crippen molar-refractivity contribution in [2.45, 2.75) is 78.6 Å². The van der Waals surface area contributed by atoms with Gasteiger partial charge in [-0.1, -0.05) is 33.3 Å². The molecule has 0 unspecified atom stereocenters. The van der Waals surface area contributed by atoms with Gasteiger partial charge in [0.05, 0.1) is 12.4 Å². The lowest BCUT2D eigenvalue weighted by Gasteiger charge is -2.60. The van der Waals surface area contributed by atoms with Crippen LogP contribution in [0, 0.1) is 34.0 Å². The summed E-state index contributed by atoms with van der Waals surface area (Å²) in [4.78, 5) is 12.1. The third-order valence-electron chi connectivity index (χ3n) is 8.98. The van der Waals surface area contributed by atoms with E-state index in [1.54, 1.807) is 0 Å². The monoisotopic (exact) mass is 423 g/mol. The zero-order chi connectivity index (χ0) is 21.1. The second-order valence-corrected chi connectivity index (χ2v) is 12.9. The van der Waals surface area contributed by atoms with E-state index < -0.39 is 15.9 Å². The lowest BCUT2D eigenvalue weighted by Crippen LogP contribution is -2.52. The van der Waals surface area contributed by atoms with Crippen LogP contribution >= 0.6 is 0 Å². The number of rotatable bonds is 5. The van der Waals surface area contributed by atoms with E-state index >= 15 is 0 Å². The highest BCUT2D eigenvalue weighted by Crippen LogP contribution is 2.72. The molecule has 164 valence electrons. The third kappa shape index (κ3) is 3.91. The normalized spacial score (nSPS) is 39.4. The molecule has 5 nitrogen and oxygen atoms in total. The fourth-order valence-corrected chi connectivity index (χ4v) is 8.43. The molecule has 4 atom stereocenters. The van der Waals surface area contributed by atoms with Crippen molar-refractivity contribution in [2.75, 3.05) is 12.4 Å². The number of allylic oxidation sites excluding steroid dienone is 1. The maximum atomic E-state index is 12.1. The van der Waals surface area contributed by atoms with Crippen LogP contribution in [0.15, 0.2) is 11.6 Å². The van der Waals surface area contributed by atoms with E-state index in [4.69, 9.17) is 9.88 Å². The van der Waals surface area contributed by atoms with E-state index in [9.17, 15) is 13.2 Å². The molecule has 0 aromatic heterocycles. The van der Waals surface area contributed by atoms with E-state index in [0.717, 1.165) is 18.8 Å². The second kappa shape index (κ2) is 7.08. The summed E-state index contributed by atoms with van der Waals surface area (Å²) in [5.74, 6) is 0.465. The number of esters is 1. The number of primary sulfonamides is 1. The predicted molar refractivity (Wildman–Crippen MR) is 113 cm³/mol. The van der Waals surface area contributed by atoms with Crippen LogP contribution in [0.2, 0.25) is 0 Å². The second-order valence-electron chi connectivity index (χ2n) is 11.2. The lowest BCUT2D eigenvalue weighted by atomic mass is 9.45. The zero-order valence-corrected chi connectivity index (χ0v) is 19.0. The maximum Gasteiger partial charge on any atom is 0.334 e. The highest BCUT2D eigenvalue weighted by atomic mass is 32.2. The first-order valence-electron chi connectivity index (χ1n) is 11.3. The number of carbonyl (C=O) groups excluding carboxylic acids is 1. The summed E-state index contributed by atoms with van der Waals surface area (Å²) >= 11 is 0. The minimum atomic E-state index is -3.63. The summed E-state index contributed by atoms with van der Waals surface area (Å²) in [6.45, 7) is 7.60. The SMILES string of the molecule is CC1(C)CCC[C@@]2(C)[C@H]1CCC1(CC1)[C@@H]2CC/C=C1\C(=O)OC[C@H]1CS(N)(=O)=O. The number of carbonyl (C=O) groups is 1. The molecule has 1 saturated heterocycles. The molecule has 0 aromatic carbocycles. The van der Waals surface area contributed by atoms with E-state index in [1.807, 2.05) is 6.08 Å². The molecule has 4 fully saturated rings. The van der Waals surface area contributed by atoms with E-state index in [1.165, 1.54) is 44.9 Å². The molecule has 2 N–H and O–H groups in total. The quantitative estimate of drug-likeness (QED) is 0.531. The molecular weight excluding hydrogens is 386 g/mol. The molecule has 1 spiro atoms. The van der Waals surface area contributed by atoms with Crippen molar-refractivity contribution in [2.24, 2.45) is 39.1 Å². The highest BCUT2D eigenvalue weighted by Gasteiger charge is 2.62. The zero-order valence-electron chi connectivity index (χ0n) is 18.2. The molecule has 4 aliphatic rings. The molecule has 0 bridgehead atoms. The van der Waals surface area contributed by atoms with Gasteiger partial charge in [0.2, 0.25) is 10.0 Å². The first kappa shape index (κ1) is 21.4. The van der Waals surface area contributed by atoms with Crippen molar-refractivity contribution < 1.29 is 17.9 Å².